The molecule has 2 rings (SSSR count). The molecule has 2 aromatic heterocycles. The summed E-state index contributed by atoms with van der Waals surface area (Å²) >= 11 is 7.16. The van der Waals surface area contributed by atoms with Gasteiger partial charge in [0.25, 0.3) is 0 Å². The van der Waals surface area contributed by atoms with Crippen molar-refractivity contribution in [3.05, 3.63) is 35.1 Å². The lowest BCUT2D eigenvalue weighted by Crippen LogP contribution is -1.86. The summed E-state index contributed by atoms with van der Waals surface area (Å²) in [6.07, 6.45) is 1.37. The maximum Gasteiger partial charge on any atom is 0.225 e. The summed E-state index contributed by atoms with van der Waals surface area (Å²) < 4.78 is 5.38. The second kappa shape index (κ2) is 3.72. The molecular formula is C8H5ClN2OS. The molecule has 0 fully saturated rings. The number of ether oxygens (including phenoxy) is 1. The lowest BCUT2D eigenvalue weighted by Gasteiger charge is -1.99. The van der Waals surface area contributed by atoms with Gasteiger partial charge in [-0.2, -0.15) is 0 Å². The van der Waals surface area contributed by atoms with E-state index < -0.39 is 0 Å². The molecule has 2 heterocycles. The number of halogens is 1. The quantitative estimate of drug-likeness (QED) is 0.718. The molecule has 0 N–H and O–H groups in total. The Morgan fingerprint density at radius 1 is 1.38 bits per heavy atom. The van der Waals surface area contributed by atoms with Crippen LogP contribution in [-0.2, 0) is 0 Å². The maximum atomic E-state index is 5.66. The summed E-state index contributed by atoms with van der Waals surface area (Å²) in [7, 11) is 0. The van der Waals surface area contributed by atoms with Crippen LogP contribution in [0.3, 0.4) is 0 Å². The van der Waals surface area contributed by atoms with E-state index in [9.17, 15) is 0 Å². The van der Waals surface area contributed by atoms with Gasteiger partial charge in [-0.05, 0) is 17.5 Å². The average molecular weight is 213 g/mol. The summed E-state index contributed by atoms with van der Waals surface area (Å²) in [4.78, 5) is 7.65. The summed E-state index contributed by atoms with van der Waals surface area (Å²) in [5.41, 5.74) is 0. The van der Waals surface area contributed by atoms with Crippen molar-refractivity contribution in [2.45, 2.75) is 0 Å². The molecule has 66 valence electrons. The van der Waals surface area contributed by atoms with Crippen LogP contribution in [0.25, 0.3) is 0 Å². The molecule has 0 amide bonds. The Kier molecular flexibility index (Phi) is 2.42. The lowest BCUT2D eigenvalue weighted by atomic mass is 10.6. The van der Waals surface area contributed by atoms with Crippen LogP contribution in [0.5, 0.6) is 10.9 Å². The number of aromatic nitrogens is 2. The van der Waals surface area contributed by atoms with Crippen LogP contribution in [0.2, 0.25) is 5.15 Å². The van der Waals surface area contributed by atoms with Gasteiger partial charge in [0.05, 0.1) is 0 Å². The number of nitrogens with zero attached hydrogens (tertiary/aromatic N) is 2. The molecule has 0 bridgehead atoms. The molecule has 2 aromatic rings. The molecule has 13 heavy (non-hydrogen) atoms. The highest BCUT2D eigenvalue weighted by atomic mass is 35.5. The maximum absolute atomic E-state index is 5.66. The molecular weight excluding hydrogens is 208 g/mol. The van der Waals surface area contributed by atoms with Crippen LogP contribution in [0.1, 0.15) is 0 Å². The standard InChI is InChI=1S/C8H5ClN2OS/c9-6-4-7(11-5-10-6)12-8-2-1-3-13-8/h1-5H. The van der Waals surface area contributed by atoms with E-state index in [0.717, 1.165) is 5.06 Å². The Labute approximate surface area is 84.0 Å². The predicted molar refractivity (Wildman–Crippen MR) is 51.4 cm³/mol. The summed E-state index contributed by atoms with van der Waals surface area (Å²) in [5, 5.41) is 3.09. The van der Waals surface area contributed by atoms with Crippen LogP contribution < -0.4 is 4.74 Å². The molecule has 0 saturated heterocycles. The lowest BCUT2D eigenvalue weighted by molar-refractivity contribution is 0.474. The molecule has 0 unspecified atom stereocenters. The monoisotopic (exact) mass is 212 g/mol. The topological polar surface area (TPSA) is 35.0 Å². The van der Waals surface area contributed by atoms with E-state index in [2.05, 4.69) is 9.97 Å². The van der Waals surface area contributed by atoms with Gasteiger partial charge in [0.1, 0.15) is 11.5 Å². The fourth-order valence-electron chi connectivity index (χ4n) is 0.798. The Morgan fingerprint density at radius 3 is 3.00 bits per heavy atom. The molecule has 0 radical (unpaired) electrons. The fourth-order valence-corrected chi connectivity index (χ4v) is 1.52. The van der Waals surface area contributed by atoms with E-state index in [4.69, 9.17) is 16.3 Å². The zero-order valence-electron chi connectivity index (χ0n) is 6.48. The first kappa shape index (κ1) is 8.47. The van der Waals surface area contributed by atoms with Crippen molar-refractivity contribution in [1.29, 1.82) is 0 Å². The van der Waals surface area contributed by atoms with Crippen molar-refractivity contribution in [2.24, 2.45) is 0 Å². The number of rotatable bonds is 2. The van der Waals surface area contributed by atoms with Crippen molar-refractivity contribution in [3.8, 4) is 10.9 Å². The van der Waals surface area contributed by atoms with E-state index >= 15 is 0 Å². The van der Waals surface area contributed by atoms with Gasteiger partial charge in [0.2, 0.25) is 5.88 Å². The first-order chi connectivity index (χ1) is 6.34. The van der Waals surface area contributed by atoms with Gasteiger partial charge in [0.15, 0.2) is 5.06 Å². The van der Waals surface area contributed by atoms with Gasteiger partial charge in [-0.15, -0.1) is 11.3 Å². The molecule has 0 aliphatic heterocycles. The van der Waals surface area contributed by atoms with Crippen LogP contribution in [-0.4, -0.2) is 9.97 Å². The second-order valence-electron chi connectivity index (χ2n) is 2.21. The molecule has 0 saturated carbocycles. The van der Waals surface area contributed by atoms with Crippen LogP contribution >= 0.6 is 22.9 Å². The largest absolute Gasteiger partial charge is 0.428 e. The summed E-state index contributed by atoms with van der Waals surface area (Å²) in [6.45, 7) is 0. The van der Waals surface area contributed by atoms with Gasteiger partial charge in [-0.3, -0.25) is 0 Å². The van der Waals surface area contributed by atoms with E-state index in [0.29, 0.717) is 11.0 Å². The molecule has 0 aliphatic carbocycles. The predicted octanol–water partition coefficient (Wildman–Crippen LogP) is 2.98. The minimum Gasteiger partial charge on any atom is -0.428 e. The first-order valence-electron chi connectivity index (χ1n) is 3.53. The van der Waals surface area contributed by atoms with Gasteiger partial charge in [-0.1, -0.05) is 11.6 Å². The van der Waals surface area contributed by atoms with Crippen LogP contribution in [0.15, 0.2) is 29.9 Å². The SMILES string of the molecule is Clc1cc(Oc2cccs2)ncn1. The van der Waals surface area contributed by atoms with E-state index in [1.165, 1.54) is 17.7 Å². The van der Waals surface area contributed by atoms with Crippen LogP contribution in [0.4, 0.5) is 0 Å². The van der Waals surface area contributed by atoms with Crippen molar-refractivity contribution < 1.29 is 4.74 Å². The number of hydrogen-bond donors (Lipinski definition) is 0. The third-order valence-electron chi connectivity index (χ3n) is 1.31. The molecule has 0 spiro atoms. The van der Waals surface area contributed by atoms with Crippen molar-refractivity contribution in [2.75, 3.05) is 0 Å². The normalized spacial score (nSPS) is 9.92. The highest BCUT2D eigenvalue weighted by Gasteiger charge is 1.99. The first-order valence-corrected chi connectivity index (χ1v) is 4.79. The Bertz CT molecular complexity index is 391. The fraction of sp³-hybridized carbons (Fsp3) is 0. The third-order valence-corrected chi connectivity index (χ3v) is 2.26. The minimum atomic E-state index is 0.376. The zero-order valence-corrected chi connectivity index (χ0v) is 8.05. The molecule has 0 aromatic carbocycles. The summed E-state index contributed by atoms with van der Waals surface area (Å²) in [5.74, 6) is 0.461. The smallest absolute Gasteiger partial charge is 0.225 e. The Balaban J connectivity index is 2.19. The van der Waals surface area contributed by atoms with E-state index in [1.54, 1.807) is 6.07 Å². The second-order valence-corrected chi connectivity index (χ2v) is 3.51. The van der Waals surface area contributed by atoms with Gasteiger partial charge < -0.3 is 4.74 Å². The number of hydrogen-bond acceptors (Lipinski definition) is 4. The van der Waals surface area contributed by atoms with Crippen molar-refractivity contribution in [1.82, 2.24) is 9.97 Å². The Morgan fingerprint density at radius 2 is 2.31 bits per heavy atom. The van der Waals surface area contributed by atoms with Crippen molar-refractivity contribution >= 4 is 22.9 Å². The molecule has 5 heteroatoms. The molecule has 3 nitrogen and oxygen atoms in total. The van der Waals surface area contributed by atoms with Gasteiger partial charge in [0, 0.05) is 6.07 Å². The third kappa shape index (κ3) is 2.17. The van der Waals surface area contributed by atoms with Gasteiger partial charge >= 0.3 is 0 Å². The zero-order chi connectivity index (χ0) is 9.10. The molecule has 0 aliphatic rings. The molecule has 0 atom stereocenters. The van der Waals surface area contributed by atoms with E-state index in [1.807, 2.05) is 17.5 Å². The summed E-state index contributed by atoms with van der Waals surface area (Å²) in [6, 6.07) is 5.34. The minimum absolute atomic E-state index is 0.376. The van der Waals surface area contributed by atoms with Gasteiger partial charge in [-0.25, -0.2) is 9.97 Å². The van der Waals surface area contributed by atoms with Crippen molar-refractivity contribution in [3.63, 3.8) is 0 Å². The highest BCUT2D eigenvalue weighted by Crippen LogP contribution is 2.24. The van der Waals surface area contributed by atoms with E-state index in [-0.39, 0.29) is 0 Å². The highest BCUT2D eigenvalue weighted by molar-refractivity contribution is 7.11. The number of thiophene rings is 1. The average Bonchev–Trinajstić information content (AvgIpc) is 2.57. The Hall–Kier alpha value is -1.13. The van der Waals surface area contributed by atoms with Crippen LogP contribution in [0, 0.1) is 0 Å².